The third kappa shape index (κ3) is 4.94. The van der Waals surface area contributed by atoms with Gasteiger partial charge in [0.1, 0.15) is 0 Å². The Morgan fingerprint density at radius 2 is 1.94 bits per heavy atom. The van der Waals surface area contributed by atoms with E-state index >= 15 is 0 Å². The van der Waals surface area contributed by atoms with Gasteiger partial charge in [-0.25, -0.2) is 0 Å². The maximum Gasteiger partial charge on any atom is 0.0218 e. The molecular formula is C14H31N3. The molecule has 102 valence electrons. The summed E-state index contributed by atoms with van der Waals surface area (Å²) in [6.07, 6.45) is 2.53. The van der Waals surface area contributed by atoms with Crippen LogP contribution >= 0.6 is 0 Å². The lowest BCUT2D eigenvalue weighted by molar-refractivity contribution is 0.0649. The lowest BCUT2D eigenvalue weighted by Crippen LogP contribution is -2.54. The molecule has 3 nitrogen and oxygen atoms in total. The molecule has 0 aliphatic carbocycles. The smallest absolute Gasteiger partial charge is 0.0218 e. The molecule has 2 unspecified atom stereocenters. The molecule has 1 heterocycles. The van der Waals surface area contributed by atoms with Crippen LogP contribution in [0.25, 0.3) is 0 Å². The molecule has 2 atom stereocenters. The molecule has 0 bridgehead atoms. The highest BCUT2D eigenvalue weighted by atomic mass is 15.3. The normalized spacial score (nSPS) is 25.4. The molecule has 0 amide bonds. The second kappa shape index (κ2) is 7.34. The van der Waals surface area contributed by atoms with Gasteiger partial charge in [-0.15, -0.1) is 0 Å². The van der Waals surface area contributed by atoms with Crippen LogP contribution in [-0.4, -0.2) is 61.2 Å². The van der Waals surface area contributed by atoms with Crippen LogP contribution in [0, 0.1) is 0 Å². The van der Waals surface area contributed by atoms with Crippen molar-refractivity contribution in [2.45, 2.75) is 58.7 Å². The van der Waals surface area contributed by atoms with E-state index in [9.17, 15) is 0 Å². The van der Waals surface area contributed by atoms with Gasteiger partial charge in [-0.3, -0.25) is 4.90 Å². The fourth-order valence-corrected chi connectivity index (χ4v) is 2.57. The van der Waals surface area contributed by atoms with Crippen LogP contribution in [0.4, 0.5) is 0 Å². The van der Waals surface area contributed by atoms with Crippen molar-refractivity contribution in [3.8, 4) is 0 Å². The predicted molar refractivity (Wildman–Crippen MR) is 75.5 cm³/mol. The highest BCUT2D eigenvalue weighted by Crippen LogP contribution is 2.14. The van der Waals surface area contributed by atoms with Gasteiger partial charge in [-0.1, -0.05) is 20.8 Å². The number of piperazine rings is 1. The minimum Gasteiger partial charge on any atom is -0.314 e. The maximum atomic E-state index is 3.51. The summed E-state index contributed by atoms with van der Waals surface area (Å²) in [7, 11) is 2.26. The van der Waals surface area contributed by atoms with E-state index in [2.05, 4.69) is 49.9 Å². The topological polar surface area (TPSA) is 18.5 Å². The van der Waals surface area contributed by atoms with E-state index in [-0.39, 0.29) is 0 Å². The number of likely N-dealkylation sites (N-methyl/N-ethyl adjacent to an activating group) is 1. The third-order valence-electron chi connectivity index (χ3n) is 4.02. The Hall–Kier alpha value is -0.120. The summed E-state index contributed by atoms with van der Waals surface area (Å²) in [4.78, 5) is 5.17. The number of hydrogen-bond donors (Lipinski definition) is 1. The van der Waals surface area contributed by atoms with Gasteiger partial charge in [0.2, 0.25) is 0 Å². The van der Waals surface area contributed by atoms with Crippen LogP contribution in [0.2, 0.25) is 0 Å². The Bertz CT molecular complexity index is 206. The summed E-state index contributed by atoms with van der Waals surface area (Å²) in [6, 6.07) is 2.08. The number of nitrogens with one attached hydrogen (secondary N) is 1. The van der Waals surface area contributed by atoms with Crippen molar-refractivity contribution in [1.29, 1.82) is 0 Å². The highest BCUT2D eigenvalue weighted by molar-refractivity contribution is 4.82. The Balaban J connectivity index is 2.29. The molecule has 0 aromatic rings. The van der Waals surface area contributed by atoms with Crippen LogP contribution < -0.4 is 5.32 Å². The Kier molecular flexibility index (Phi) is 6.45. The first-order chi connectivity index (χ1) is 8.04. The first-order valence-corrected chi connectivity index (χ1v) is 7.22. The zero-order valence-corrected chi connectivity index (χ0v) is 12.4. The van der Waals surface area contributed by atoms with Crippen molar-refractivity contribution in [2.24, 2.45) is 0 Å². The Morgan fingerprint density at radius 3 is 2.53 bits per heavy atom. The molecule has 0 saturated carbocycles. The standard InChI is InChI=1S/C14H31N3/c1-6-14-11-17(10-9-16(14)5)13(4)7-8-15-12(2)3/h12-15H,6-11H2,1-5H3. The van der Waals surface area contributed by atoms with E-state index < -0.39 is 0 Å². The second-order valence-electron chi connectivity index (χ2n) is 5.78. The average Bonchev–Trinajstić information content (AvgIpc) is 2.29. The fraction of sp³-hybridized carbons (Fsp3) is 1.00. The molecule has 0 spiro atoms. The summed E-state index contributed by atoms with van der Waals surface area (Å²) in [5, 5.41) is 3.51. The average molecular weight is 241 g/mol. The fourth-order valence-electron chi connectivity index (χ4n) is 2.57. The molecular weight excluding hydrogens is 210 g/mol. The van der Waals surface area contributed by atoms with E-state index in [0.717, 1.165) is 12.6 Å². The lowest BCUT2D eigenvalue weighted by atomic mass is 10.1. The first-order valence-electron chi connectivity index (χ1n) is 7.22. The quantitative estimate of drug-likeness (QED) is 0.765. The number of nitrogens with zero attached hydrogens (tertiary/aromatic N) is 2. The molecule has 1 N–H and O–H groups in total. The van der Waals surface area contributed by atoms with E-state index in [4.69, 9.17) is 0 Å². The van der Waals surface area contributed by atoms with Gasteiger partial charge in [-0.05, 0) is 33.4 Å². The second-order valence-corrected chi connectivity index (χ2v) is 5.78. The molecule has 0 aromatic heterocycles. The van der Waals surface area contributed by atoms with Crippen LogP contribution in [-0.2, 0) is 0 Å². The minimum atomic E-state index is 0.609. The van der Waals surface area contributed by atoms with Gasteiger partial charge in [0.05, 0.1) is 0 Å². The monoisotopic (exact) mass is 241 g/mol. The first kappa shape index (κ1) is 14.9. The van der Waals surface area contributed by atoms with Crippen molar-refractivity contribution in [3.63, 3.8) is 0 Å². The van der Waals surface area contributed by atoms with Crippen LogP contribution in [0.5, 0.6) is 0 Å². The van der Waals surface area contributed by atoms with Crippen molar-refractivity contribution in [1.82, 2.24) is 15.1 Å². The van der Waals surface area contributed by atoms with Crippen molar-refractivity contribution < 1.29 is 0 Å². The summed E-state index contributed by atoms with van der Waals surface area (Å²) < 4.78 is 0. The van der Waals surface area contributed by atoms with Crippen molar-refractivity contribution in [2.75, 3.05) is 33.2 Å². The van der Waals surface area contributed by atoms with Crippen molar-refractivity contribution >= 4 is 0 Å². The van der Waals surface area contributed by atoms with Crippen molar-refractivity contribution in [3.05, 3.63) is 0 Å². The van der Waals surface area contributed by atoms with Crippen LogP contribution in [0.15, 0.2) is 0 Å². The maximum absolute atomic E-state index is 3.51. The molecule has 1 rings (SSSR count). The van der Waals surface area contributed by atoms with E-state index in [1.54, 1.807) is 0 Å². The largest absolute Gasteiger partial charge is 0.314 e. The number of rotatable bonds is 6. The predicted octanol–water partition coefficient (Wildman–Crippen LogP) is 1.79. The molecule has 1 saturated heterocycles. The number of hydrogen-bond acceptors (Lipinski definition) is 3. The van der Waals surface area contributed by atoms with Gasteiger partial charge in [0.15, 0.2) is 0 Å². The van der Waals surface area contributed by atoms with Gasteiger partial charge in [-0.2, -0.15) is 0 Å². The molecule has 1 aliphatic heterocycles. The van der Waals surface area contributed by atoms with Crippen LogP contribution in [0.3, 0.4) is 0 Å². The minimum absolute atomic E-state index is 0.609. The molecule has 0 aromatic carbocycles. The molecule has 1 aliphatic rings. The lowest BCUT2D eigenvalue weighted by Gasteiger charge is -2.42. The SMILES string of the molecule is CCC1CN(C(C)CCNC(C)C)CCN1C. The van der Waals surface area contributed by atoms with E-state index in [1.165, 1.54) is 32.5 Å². The zero-order chi connectivity index (χ0) is 12.8. The summed E-state index contributed by atoms with van der Waals surface area (Å²) >= 11 is 0. The Labute approximate surface area is 108 Å². The molecule has 17 heavy (non-hydrogen) atoms. The van der Waals surface area contributed by atoms with Gasteiger partial charge in [0, 0.05) is 37.8 Å². The molecule has 0 radical (unpaired) electrons. The van der Waals surface area contributed by atoms with Gasteiger partial charge < -0.3 is 10.2 Å². The summed E-state index contributed by atoms with van der Waals surface area (Å²) in [5.74, 6) is 0. The van der Waals surface area contributed by atoms with Gasteiger partial charge in [0.25, 0.3) is 0 Å². The zero-order valence-electron chi connectivity index (χ0n) is 12.4. The summed E-state index contributed by atoms with van der Waals surface area (Å²) in [5.41, 5.74) is 0. The van der Waals surface area contributed by atoms with Crippen LogP contribution in [0.1, 0.15) is 40.5 Å². The van der Waals surface area contributed by atoms with E-state index in [0.29, 0.717) is 12.1 Å². The third-order valence-corrected chi connectivity index (χ3v) is 4.02. The summed E-state index contributed by atoms with van der Waals surface area (Å²) in [6.45, 7) is 13.9. The Morgan fingerprint density at radius 1 is 1.24 bits per heavy atom. The molecule has 1 fully saturated rings. The van der Waals surface area contributed by atoms with Gasteiger partial charge >= 0.3 is 0 Å². The highest BCUT2D eigenvalue weighted by Gasteiger charge is 2.25. The molecule has 3 heteroatoms. The van der Waals surface area contributed by atoms with E-state index in [1.807, 2.05) is 0 Å².